The zero-order chi connectivity index (χ0) is 13.1. The molecule has 0 atom stereocenters. The summed E-state index contributed by atoms with van der Waals surface area (Å²) in [5, 5.41) is 9.11. The second kappa shape index (κ2) is 5.23. The van der Waals surface area contributed by atoms with Crippen molar-refractivity contribution < 1.29 is 9.90 Å². The molecule has 4 heteroatoms. The summed E-state index contributed by atoms with van der Waals surface area (Å²) in [6, 6.07) is 7.88. The summed E-state index contributed by atoms with van der Waals surface area (Å²) < 4.78 is 0. The third-order valence-electron chi connectivity index (χ3n) is 2.58. The van der Waals surface area contributed by atoms with Crippen LogP contribution in [0, 0.1) is 13.8 Å². The molecule has 1 heterocycles. The maximum absolute atomic E-state index is 11.1. The molecule has 0 fully saturated rings. The number of aryl methyl sites for hydroxylation is 2. The van der Waals surface area contributed by atoms with Crippen LogP contribution >= 0.6 is 11.8 Å². The maximum atomic E-state index is 11.1. The Morgan fingerprint density at radius 3 is 2.72 bits per heavy atom. The van der Waals surface area contributed by atoms with Crippen molar-refractivity contribution in [3.63, 3.8) is 0 Å². The first kappa shape index (κ1) is 12.6. The molecule has 1 N–H and O–H groups in total. The number of carboxylic acid groups (broad SMARTS) is 1. The van der Waals surface area contributed by atoms with Gasteiger partial charge >= 0.3 is 5.97 Å². The van der Waals surface area contributed by atoms with Crippen molar-refractivity contribution in [3.05, 3.63) is 53.3 Å². The number of hydrogen-bond acceptors (Lipinski definition) is 3. The Hall–Kier alpha value is -1.81. The summed E-state index contributed by atoms with van der Waals surface area (Å²) in [5.74, 6) is -0.948. The summed E-state index contributed by atoms with van der Waals surface area (Å²) in [6.45, 7) is 4.04. The van der Waals surface area contributed by atoms with Crippen LogP contribution in [-0.4, -0.2) is 16.1 Å². The molecule has 0 radical (unpaired) electrons. The largest absolute Gasteiger partial charge is 0.478 e. The highest BCUT2D eigenvalue weighted by Gasteiger charge is 2.12. The number of aromatic nitrogens is 1. The topological polar surface area (TPSA) is 50.2 Å². The highest BCUT2D eigenvalue weighted by molar-refractivity contribution is 7.99. The van der Waals surface area contributed by atoms with E-state index in [9.17, 15) is 4.79 Å². The zero-order valence-electron chi connectivity index (χ0n) is 10.2. The van der Waals surface area contributed by atoms with Crippen LogP contribution in [0.5, 0.6) is 0 Å². The van der Waals surface area contributed by atoms with Gasteiger partial charge in [0, 0.05) is 22.2 Å². The standard InChI is InChI=1S/C14H13NO2S/c1-9-3-4-10(2)13(7-9)18-12-5-6-15-8-11(12)14(16)17/h3-8H,1-2H3,(H,16,17). The lowest BCUT2D eigenvalue weighted by Gasteiger charge is -2.08. The lowest BCUT2D eigenvalue weighted by atomic mass is 10.2. The van der Waals surface area contributed by atoms with Crippen LogP contribution in [0.25, 0.3) is 0 Å². The van der Waals surface area contributed by atoms with Crippen molar-refractivity contribution in [1.82, 2.24) is 4.98 Å². The number of nitrogens with zero attached hydrogens (tertiary/aromatic N) is 1. The first-order chi connectivity index (χ1) is 8.58. The SMILES string of the molecule is Cc1ccc(C)c(Sc2ccncc2C(=O)O)c1. The van der Waals surface area contributed by atoms with Crippen LogP contribution in [0.3, 0.4) is 0 Å². The fourth-order valence-electron chi connectivity index (χ4n) is 1.57. The van der Waals surface area contributed by atoms with Crippen LogP contribution in [0.2, 0.25) is 0 Å². The molecular formula is C14H13NO2S. The molecule has 2 aromatic rings. The molecule has 0 unspecified atom stereocenters. The van der Waals surface area contributed by atoms with E-state index in [0.29, 0.717) is 4.90 Å². The number of carboxylic acids is 1. The molecule has 0 aliphatic rings. The van der Waals surface area contributed by atoms with E-state index in [1.807, 2.05) is 26.0 Å². The minimum Gasteiger partial charge on any atom is -0.478 e. The molecule has 1 aromatic carbocycles. The average molecular weight is 259 g/mol. The molecule has 2 rings (SSSR count). The lowest BCUT2D eigenvalue weighted by Crippen LogP contribution is -1.99. The van der Waals surface area contributed by atoms with E-state index in [0.717, 1.165) is 16.0 Å². The Kier molecular flexibility index (Phi) is 3.67. The number of benzene rings is 1. The summed E-state index contributed by atoms with van der Waals surface area (Å²) in [5.41, 5.74) is 2.54. The van der Waals surface area contributed by atoms with Gasteiger partial charge in [-0.25, -0.2) is 4.79 Å². The van der Waals surface area contributed by atoms with E-state index < -0.39 is 5.97 Å². The minimum absolute atomic E-state index is 0.239. The van der Waals surface area contributed by atoms with Crippen LogP contribution in [0.15, 0.2) is 46.5 Å². The van der Waals surface area contributed by atoms with E-state index in [1.54, 1.807) is 12.3 Å². The van der Waals surface area contributed by atoms with Gasteiger partial charge in [0.25, 0.3) is 0 Å². The van der Waals surface area contributed by atoms with E-state index >= 15 is 0 Å². The lowest BCUT2D eigenvalue weighted by molar-refractivity contribution is 0.0692. The van der Waals surface area contributed by atoms with Crippen molar-refractivity contribution in [1.29, 1.82) is 0 Å². The Labute approximate surface area is 110 Å². The molecule has 0 aliphatic heterocycles. The van der Waals surface area contributed by atoms with Crippen molar-refractivity contribution in [3.8, 4) is 0 Å². The fraction of sp³-hybridized carbons (Fsp3) is 0.143. The van der Waals surface area contributed by atoms with E-state index in [1.165, 1.54) is 18.0 Å². The molecule has 0 bridgehead atoms. The molecule has 3 nitrogen and oxygen atoms in total. The number of carbonyl (C=O) groups is 1. The Balaban J connectivity index is 2.40. The quantitative estimate of drug-likeness (QED) is 0.915. The van der Waals surface area contributed by atoms with Crippen molar-refractivity contribution in [2.24, 2.45) is 0 Å². The van der Waals surface area contributed by atoms with Crippen molar-refractivity contribution in [2.75, 3.05) is 0 Å². The molecule has 0 saturated heterocycles. The van der Waals surface area contributed by atoms with Gasteiger partial charge < -0.3 is 5.11 Å². The van der Waals surface area contributed by atoms with Gasteiger partial charge in [0.2, 0.25) is 0 Å². The first-order valence-electron chi connectivity index (χ1n) is 5.50. The number of hydrogen-bond donors (Lipinski definition) is 1. The third-order valence-corrected chi connectivity index (χ3v) is 3.81. The summed E-state index contributed by atoms with van der Waals surface area (Å²) in [7, 11) is 0. The van der Waals surface area contributed by atoms with Crippen LogP contribution in [-0.2, 0) is 0 Å². The predicted octanol–water partition coefficient (Wildman–Crippen LogP) is 3.55. The fourth-order valence-corrected chi connectivity index (χ4v) is 2.66. The Morgan fingerprint density at radius 2 is 2.00 bits per heavy atom. The van der Waals surface area contributed by atoms with Gasteiger partial charge in [0.1, 0.15) is 0 Å². The van der Waals surface area contributed by atoms with Gasteiger partial charge in [-0.2, -0.15) is 0 Å². The normalized spacial score (nSPS) is 10.3. The summed E-state index contributed by atoms with van der Waals surface area (Å²) >= 11 is 1.46. The third kappa shape index (κ3) is 2.71. The monoisotopic (exact) mass is 259 g/mol. The predicted molar refractivity (Wildman–Crippen MR) is 71.2 cm³/mol. The van der Waals surface area contributed by atoms with Crippen LogP contribution < -0.4 is 0 Å². The van der Waals surface area contributed by atoms with Gasteiger partial charge in [-0.05, 0) is 37.1 Å². The van der Waals surface area contributed by atoms with Gasteiger partial charge in [0.05, 0.1) is 5.56 Å². The second-order valence-electron chi connectivity index (χ2n) is 4.05. The van der Waals surface area contributed by atoms with E-state index in [2.05, 4.69) is 11.1 Å². The number of rotatable bonds is 3. The molecular weight excluding hydrogens is 246 g/mol. The Morgan fingerprint density at radius 1 is 1.22 bits per heavy atom. The van der Waals surface area contributed by atoms with Crippen molar-refractivity contribution in [2.45, 2.75) is 23.6 Å². The van der Waals surface area contributed by atoms with Crippen LogP contribution in [0.4, 0.5) is 0 Å². The van der Waals surface area contributed by atoms with E-state index in [-0.39, 0.29) is 5.56 Å². The second-order valence-corrected chi connectivity index (χ2v) is 5.13. The summed E-state index contributed by atoms with van der Waals surface area (Å²) in [6.07, 6.45) is 3.00. The van der Waals surface area contributed by atoms with Gasteiger partial charge in [0.15, 0.2) is 0 Å². The Bertz CT molecular complexity index is 596. The molecule has 1 aromatic heterocycles. The highest BCUT2D eigenvalue weighted by atomic mass is 32.2. The highest BCUT2D eigenvalue weighted by Crippen LogP contribution is 2.32. The van der Waals surface area contributed by atoms with Crippen LogP contribution in [0.1, 0.15) is 21.5 Å². The first-order valence-corrected chi connectivity index (χ1v) is 6.32. The summed E-state index contributed by atoms with van der Waals surface area (Å²) in [4.78, 5) is 16.8. The smallest absolute Gasteiger partial charge is 0.338 e. The zero-order valence-corrected chi connectivity index (χ0v) is 11.0. The number of pyridine rings is 1. The molecule has 18 heavy (non-hydrogen) atoms. The minimum atomic E-state index is -0.948. The molecule has 0 spiro atoms. The molecule has 0 aliphatic carbocycles. The van der Waals surface area contributed by atoms with Gasteiger partial charge in [-0.3, -0.25) is 4.98 Å². The van der Waals surface area contributed by atoms with Gasteiger partial charge in [-0.1, -0.05) is 23.9 Å². The molecule has 0 saturated carbocycles. The average Bonchev–Trinajstić information content (AvgIpc) is 2.34. The molecule has 0 amide bonds. The van der Waals surface area contributed by atoms with Gasteiger partial charge in [-0.15, -0.1) is 0 Å². The maximum Gasteiger partial charge on any atom is 0.338 e. The number of aromatic carboxylic acids is 1. The molecule has 92 valence electrons. The van der Waals surface area contributed by atoms with E-state index in [4.69, 9.17) is 5.11 Å². The van der Waals surface area contributed by atoms with Crippen molar-refractivity contribution >= 4 is 17.7 Å².